The molecular weight excluding hydrogens is 352 g/mol. The predicted molar refractivity (Wildman–Crippen MR) is 120 cm³/mol. The Labute approximate surface area is 173 Å². The molecule has 0 aromatic carbocycles. The maximum atomic E-state index is 11.7. The molecule has 0 aliphatic carbocycles. The number of unbranched alkanes of at least 4 members (excludes halogenated alkanes) is 15. The SMILES string of the molecule is CCCCCCCCCCCCCCCCCCC1(C)SC(=O)C(C)=C1O. The lowest BCUT2D eigenvalue weighted by atomic mass is 9.97. The minimum Gasteiger partial charge on any atom is -0.510 e. The zero-order valence-corrected chi connectivity index (χ0v) is 19.1. The maximum Gasteiger partial charge on any atom is 0.219 e. The summed E-state index contributed by atoms with van der Waals surface area (Å²) in [5.74, 6) is 0.318. The van der Waals surface area contributed by atoms with Gasteiger partial charge in [-0.2, -0.15) is 0 Å². The molecule has 2 nitrogen and oxygen atoms in total. The van der Waals surface area contributed by atoms with Crippen LogP contribution in [0.4, 0.5) is 0 Å². The van der Waals surface area contributed by atoms with Crippen LogP contribution in [0.1, 0.15) is 130 Å². The number of carbonyl (C=O) groups is 1. The molecule has 0 bridgehead atoms. The number of thioether (sulfide) groups is 1. The average Bonchev–Trinajstić information content (AvgIpc) is 2.84. The third-order valence-corrected chi connectivity index (χ3v) is 7.33. The summed E-state index contributed by atoms with van der Waals surface area (Å²) in [4.78, 5) is 11.7. The maximum absolute atomic E-state index is 11.7. The van der Waals surface area contributed by atoms with Crippen molar-refractivity contribution in [2.75, 3.05) is 0 Å². The van der Waals surface area contributed by atoms with Crippen molar-refractivity contribution < 1.29 is 9.90 Å². The van der Waals surface area contributed by atoms with E-state index < -0.39 is 0 Å². The summed E-state index contributed by atoms with van der Waals surface area (Å²) in [5, 5.41) is 10.2. The molecule has 1 atom stereocenters. The lowest BCUT2D eigenvalue weighted by Gasteiger charge is -2.22. The Balaban J connectivity index is 1.84. The van der Waals surface area contributed by atoms with Gasteiger partial charge in [-0.1, -0.05) is 121 Å². The van der Waals surface area contributed by atoms with Gasteiger partial charge in [0.05, 0.1) is 4.75 Å². The van der Waals surface area contributed by atoms with Crippen molar-refractivity contribution in [1.82, 2.24) is 0 Å². The van der Waals surface area contributed by atoms with Crippen LogP contribution in [0.15, 0.2) is 11.3 Å². The predicted octanol–water partition coefficient (Wildman–Crippen LogP) is 8.50. The van der Waals surface area contributed by atoms with Gasteiger partial charge in [-0.3, -0.25) is 4.79 Å². The molecule has 158 valence electrons. The summed E-state index contributed by atoms with van der Waals surface area (Å²) in [7, 11) is 0. The molecule has 1 N–H and O–H groups in total. The average molecular weight is 397 g/mol. The Morgan fingerprint density at radius 2 is 1.11 bits per heavy atom. The van der Waals surface area contributed by atoms with E-state index >= 15 is 0 Å². The summed E-state index contributed by atoms with van der Waals surface area (Å²) >= 11 is 1.31. The van der Waals surface area contributed by atoms with Gasteiger partial charge in [-0.05, 0) is 20.3 Å². The summed E-state index contributed by atoms with van der Waals surface area (Å²) in [6.45, 7) is 6.03. The first-order chi connectivity index (χ1) is 13.0. The topological polar surface area (TPSA) is 37.3 Å². The molecule has 1 aliphatic heterocycles. The van der Waals surface area contributed by atoms with Gasteiger partial charge in [-0.25, -0.2) is 0 Å². The number of rotatable bonds is 17. The first-order valence-corrected chi connectivity index (χ1v) is 12.5. The zero-order valence-electron chi connectivity index (χ0n) is 18.3. The molecule has 0 aromatic heterocycles. The van der Waals surface area contributed by atoms with Crippen LogP contribution in [0.5, 0.6) is 0 Å². The second kappa shape index (κ2) is 14.5. The van der Waals surface area contributed by atoms with Crippen LogP contribution in [0.2, 0.25) is 0 Å². The largest absolute Gasteiger partial charge is 0.510 e. The number of carbonyl (C=O) groups excluding carboxylic acids is 1. The molecule has 1 rings (SSSR count). The van der Waals surface area contributed by atoms with Gasteiger partial charge in [0.25, 0.3) is 0 Å². The Morgan fingerprint density at radius 1 is 0.741 bits per heavy atom. The molecule has 0 saturated heterocycles. The van der Waals surface area contributed by atoms with Crippen molar-refractivity contribution in [1.29, 1.82) is 0 Å². The number of aliphatic hydroxyl groups is 1. The fourth-order valence-corrected chi connectivity index (χ4v) is 5.16. The molecular formula is C24H44O2S. The fourth-order valence-electron chi connectivity index (χ4n) is 4.00. The second-order valence-corrected chi connectivity index (χ2v) is 10.1. The molecule has 1 aliphatic rings. The van der Waals surface area contributed by atoms with Gasteiger partial charge >= 0.3 is 0 Å². The molecule has 0 aromatic rings. The highest BCUT2D eigenvalue weighted by Crippen LogP contribution is 2.45. The molecule has 27 heavy (non-hydrogen) atoms. The van der Waals surface area contributed by atoms with Crippen molar-refractivity contribution in [2.24, 2.45) is 0 Å². The molecule has 0 saturated carbocycles. The van der Waals surface area contributed by atoms with Gasteiger partial charge in [0, 0.05) is 5.57 Å². The molecule has 0 amide bonds. The Kier molecular flexibility index (Phi) is 13.2. The van der Waals surface area contributed by atoms with E-state index in [-0.39, 0.29) is 9.86 Å². The molecule has 0 radical (unpaired) electrons. The molecule has 3 heteroatoms. The van der Waals surface area contributed by atoms with Gasteiger partial charge in [0.2, 0.25) is 5.12 Å². The van der Waals surface area contributed by atoms with Crippen LogP contribution < -0.4 is 0 Å². The second-order valence-electron chi connectivity index (χ2n) is 8.65. The van der Waals surface area contributed by atoms with Crippen LogP contribution in [-0.4, -0.2) is 15.0 Å². The van der Waals surface area contributed by atoms with Crippen molar-refractivity contribution in [3.63, 3.8) is 0 Å². The van der Waals surface area contributed by atoms with Gasteiger partial charge in [0.1, 0.15) is 5.76 Å². The van der Waals surface area contributed by atoms with Gasteiger partial charge < -0.3 is 5.11 Å². The van der Waals surface area contributed by atoms with Crippen molar-refractivity contribution in [2.45, 2.75) is 135 Å². The summed E-state index contributed by atoms with van der Waals surface area (Å²) < 4.78 is -0.364. The third kappa shape index (κ3) is 10.1. The van der Waals surface area contributed by atoms with E-state index in [0.717, 1.165) is 12.8 Å². The van der Waals surface area contributed by atoms with E-state index in [4.69, 9.17) is 0 Å². The van der Waals surface area contributed by atoms with Crippen molar-refractivity contribution in [3.05, 3.63) is 11.3 Å². The first-order valence-electron chi connectivity index (χ1n) is 11.6. The minimum atomic E-state index is -0.364. The van der Waals surface area contributed by atoms with E-state index in [1.54, 1.807) is 6.92 Å². The third-order valence-electron chi connectivity index (χ3n) is 5.99. The van der Waals surface area contributed by atoms with Crippen LogP contribution in [0.3, 0.4) is 0 Å². The van der Waals surface area contributed by atoms with Gasteiger partial charge in [0.15, 0.2) is 0 Å². The molecule has 0 fully saturated rings. The molecule has 1 unspecified atom stereocenters. The number of hydrogen-bond donors (Lipinski definition) is 1. The van der Waals surface area contributed by atoms with Crippen LogP contribution >= 0.6 is 11.8 Å². The summed E-state index contributed by atoms with van der Waals surface area (Å²) in [6.07, 6.45) is 22.8. The van der Waals surface area contributed by atoms with Crippen molar-refractivity contribution >= 4 is 16.9 Å². The monoisotopic (exact) mass is 396 g/mol. The van der Waals surface area contributed by atoms with E-state index in [9.17, 15) is 9.90 Å². The quantitative estimate of drug-likeness (QED) is 0.250. The Hall–Kier alpha value is -0.440. The zero-order chi connectivity index (χ0) is 20.0. The standard InChI is InChI=1S/C24H44O2S/c1-4-5-6-7-8-9-10-11-12-13-14-15-16-17-18-19-20-24(3)22(25)21(2)23(26)27-24/h25H,4-20H2,1-3H3. The minimum absolute atomic E-state index is 0.0477. The summed E-state index contributed by atoms with van der Waals surface area (Å²) in [5.41, 5.74) is 0.555. The lowest BCUT2D eigenvalue weighted by molar-refractivity contribution is -0.107. The van der Waals surface area contributed by atoms with Gasteiger partial charge in [-0.15, -0.1) is 0 Å². The van der Waals surface area contributed by atoms with Crippen molar-refractivity contribution in [3.8, 4) is 0 Å². The highest BCUT2D eigenvalue weighted by Gasteiger charge is 2.41. The highest BCUT2D eigenvalue weighted by molar-refractivity contribution is 8.15. The Bertz CT molecular complexity index is 444. The smallest absolute Gasteiger partial charge is 0.219 e. The fraction of sp³-hybridized carbons (Fsp3) is 0.875. The Morgan fingerprint density at radius 3 is 1.44 bits per heavy atom. The normalized spacial score (nSPS) is 20.0. The number of aliphatic hydroxyl groups excluding tert-OH is 1. The van der Waals surface area contributed by atoms with Crippen LogP contribution in [-0.2, 0) is 4.79 Å². The van der Waals surface area contributed by atoms with E-state index in [1.807, 2.05) is 6.92 Å². The molecule has 0 spiro atoms. The van der Waals surface area contributed by atoms with E-state index in [0.29, 0.717) is 11.3 Å². The summed E-state index contributed by atoms with van der Waals surface area (Å²) in [6, 6.07) is 0. The van der Waals surface area contributed by atoms with E-state index in [2.05, 4.69) is 6.92 Å². The lowest BCUT2D eigenvalue weighted by Crippen LogP contribution is -2.20. The van der Waals surface area contributed by atoms with E-state index in [1.165, 1.54) is 108 Å². The van der Waals surface area contributed by atoms with Crippen LogP contribution in [0.25, 0.3) is 0 Å². The van der Waals surface area contributed by atoms with Crippen LogP contribution in [0, 0.1) is 0 Å². The highest BCUT2D eigenvalue weighted by atomic mass is 32.2. The molecule has 1 heterocycles. The first kappa shape index (κ1) is 24.6. The number of hydrogen-bond acceptors (Lipinski definition) is 3.